The minimum absolute atomic E-state index is 0.358. The van der Waals surface area contributed by atoms with Crippen LogP contribution in [-0.2, 0) is 18.4 Å². The van der Waals surface area contributed by atoms with Crippen LogP contribution in [0.5, 0.6) is 0 Å². The zero-order chi connectivity index (χ0) is 11.7. The molecule has 0 aliphatic heterocycles. The maximum atomic E-state index is 11.0. The topological polar surface area (TPSA) is 84.9 Å². The monoisotopic (exact) mass is 239 g/mol. The molecule has 0 heterocycles. The molecule has 0 radical (unpaired) electrons. The summed E-state index contributed by atoms with van der Waals surface area (Å²) in [6, 6.07) is 0. The lowest BCUT2D eigenvalue weighted by Crippen LogP contribution is -2.22. The zero-order valence-corrected chi connectivity index (χ0v) is 9.99. The molecule has 6 nitrogen and oxygen atoms in total. The van der Waals surface area contributed by atoms with Crippen molar-refractivity contribution >= 4 is 14.2 Å². The van der Waals surface area contributed by atoms with Gasteiger partial charge in [-0.2, -0.15) is 0 Å². The van der Waals surface area contributed by atoms with Crippen molar-refractivity contribution in [3.63, 3.8) is 0 Å². The number of nitrogens with one attached hydrogen (secondary N) is 1. The molecular formula is C8H18NO5P. The smallest absolute Gasteiger partial charge is 0.311 e. The summed E-state index contributed by atoms with van der Waals surface area (Å²) in [7, 11) is -2.61. The number of carbonyl (C=O) groups is 1. The zero-order valence-electron chi connectivity index (χ0n) is 8.99. The highest BCUT2D eigenvalue weighted by molar-refractivity contribution is 7.33. The van der Waals surface area contributed by atoms with Gasteiger partial charge < -0.3 is 9.05 Å². The van der Waals surface area contributed by atoms with E-state index in [1.165, 1.54) is 5.48 Å². The molecule has 15 heavy (non-hydrogen) atoms. The van der Waals surface area contributed by atoms with Crippen LogP contribution in [0.4, 0.5) is 0 Å². The lowest BCUT2D eigenvalue weighted by atomic mass is 10.1. The van der Waals surface area contributed by atoms with Crippen LogP contribution < -0.4 is 5.48 Å². The van der Waals surface area contributed by atoms with E-state index in [0.29, 0.717) is 12.5 Å². The first kappa shape index (κ1) is 14.6. The maximum Gasteiger partial charge on any atom is 0.319 e. The quantitative estimate of drug-likeness (QED) is 0.289. The van der Waals surface area contributed by atoms with Gasteiger partial charge in [-0.15, -0.1) is 0 Å². The molecule has 0 aromatic carbocycles. The van der Waals surface area contributed by atoms with Crippen LogP contribution >= 0.6 is 8.25 Å². The largest absolute Gasteiger partial charge is 0.319 e. The average molecular weight is 239 g/mol. The molecule has 0 spiro atoms. The summed E-state index contributed by atoms with van der Waals surface area (Å²) < 4.78 is 20.4. The molecule has 0 saturated carbocycles. The van der Waals surface area contributed by atoms with Crippen molar-refractivity contribution in [3.05, 3.63) is 0 Å². The normalized spacial score (nSPS) is 12.8. The van der Waals surface area contributed by atoms with Gasteiger partial charge in [0.25, 0.3) is 5.91 Å². The summed E-state index contributed by atoms with van der Waals surface area (Å²) in [6.07, 6.45) is 1.80. The number of rotatable bonds is 8. The van der Waals surface area contributed by atoms with E-state index >= 15 is 0 Å². The minimum atomic E-state index is -2.61. The molecule has 1 amide bonds. The number of hydrogen-bond donors (Lipinski definition) is 2. The highest BCUT2D eigenvalue weighted by Crippen LogP contribution is 2.23. The second-order valence-corrected chi connectivity index (χ2v) is 4.54. The van der Waals surface area contributed by atoms with E-state index < -0.39 is 20.8 Å². The summed E-state index contributed by atoms with van der Waals surface area (Å²) in [6.45, 7) is 4.07. The molecule has 0 fully saturated rings. The summed E-state index contributed by atoms with van der Waals surface area (Å²) in [4.78, 5) is 10.5. The molecular weight excluding hydrogens is 221 g/mol. The van der Waals surface area contributed by atoms with Crippen molar-refractivity contribution < 1.29 is 23.6 Å². The molecule has 0 aromatic rings. The molecule has 7 heteroatoms. The van der Waals surface area contributed by atoms with Crippen LogP contribution in [0.25, 0.3) is 0 Å². The van der Waals surface area contributed by atoms with E-state index in [2.05, 4.69) is 18.4 Å². The molecule has 2 N–H and O–H groups in total. The molecule has 0 aliphatic rings. The summed E-state index contributed by atoms with van der Waals surface area (Å²) in [5.41, 5.74) is 1.36. The minimum Gasteiger partial charge on any atom is -0.311 e. The molecule has 0 saturated heterocycles. The third kappa shape index (κ3) is 9.87. The van der Waals surface area contributed by atoms with Gasteiger partial charge in [0.1, 0.15) is 6.61 Å². The highest BCUT2D eigenvalue weighted by atomic mass is 31.1. The lowest BCUT2D eigenvalue weighted by molar-refractivity contribution is -0.131. The molecule has 0 rings (SSSR count). The Hall–Kier alpha value is -0.420. The van der Waals surface area contributed by atoms with Crippen molar-refractivity contribution in [2.75, 3.05) is 13.2 Å². The van der Waals surface area contributed by atoms with Gasteiger partial charge in [-0.25, -0.2) is 5.48 Å². The first-order valence-electron chi connectivity index (χ1n) is 4.78. The van der Waals surface area contributed by atoms with E-state index in [9.17, 15) is 9.36 Å². The fourth-order valence-corrected chi connectivity index (χ4v) is 1.49. The molecule has 1 atom stereocenters. The Kier molecular flexibility index (Phi) is 8.61. The van der Waals surface area contributed by atoms with Crippen LogP contribution in [0, 0.1) is 5.92 Å². The van der Waals surface area contributed by atoms with Gasteiger partial charge in [0.15, 0.2) is 0 Å². The van der Waals surface area contributed by atoms with Gasteiger partial charge in [0.2, 0.25) is 0 Å². The van der Waals surface area contributed by atoms with Crippen molar-refractivity contribution in [1.29, 1.82) is 0 Å². The SMILES string of the molecule is CC(C)CCCO[PH](=O)OCC(=O)NO. The fourth-order valence-electron chi connectivity index (χ4n) is 0.845. The van der Waals surface area contributed by atoms with E-state index in [1.807, 2.05) is 0 Å². The Balaban J connectivity index is 3.37. The van der Waals surface area contributed by atoms with E-state index in [1.54, 1.807) is 0 Å². The lowest BCUT2D eigenvalue weighted by Gasteiger charge is -2.06. The van der Waals surface area contributed by atoms with E-state index in [0.717, 1.165) is 12.8 Å². The summed E-state index contributed by atoms with van der Waals surface area (Å²) in [5.74, 6) is -0.170. The van der Waals surface area contributed by atoms with E-state index in [-0.39, 0.29) is 0 Å². The van der Waals surface area contributed by atoms with Crippen LogP contribution in [0.15, 0.2) is 0 Å². The first-order chi connectivity index (χ1) is 7.06. The number of amides is 1. The Morgan fingerprint density at radius 1 is 1.47 bits per heavy atom. The Bertz CT molecular complexity index is 209. The molecule has 90 valence electrons. The predicted molar refractivity (Wildman–Crippen MR) is 54.9 cm³/mol. The number of hydrogen-bond acceptors (Lipinski definition) is 5. The van der Waals surface area contributed by atoms with Gasteiger partial charge in [0, 0.05) is 0 Å². The summed E-state index contributed by atoms with van der Waals surface area (Å²) >= 11 is 0. The summed E-state index contributed by atoms with van der Waals surface area (Å²) in [5, 5.41) is 8.11. The van der Waals surface area contributed by atoms with Gasteiger partial charge in [0.05, 0.1) is 6.61 Å². The average Bonchev–Trinajstić information content (AvgIpc) is 2.20. The van der Waals surface area contributed by atoms with Crippen LogP contribution in [0.1, 0.15) is 26.7 Å². The van der Waals surface area contributed by atoms with Crippen molar-refractivity contribution in [2.24, 2.45) is 5.92 Å². The molecule has 1 unspecified atom stereocenters. The first-order valence-corrected chi connectivity index (χ1v) is 6.01. The highest BCUT2D eigenvalue weighted by Gasteiger charge is 2.04. The van der Waals surface area contributed by atoms with Crippen molar-refractivity contribution in [1.82, 2.24) is 5.48 Å². The molecule has 0 aliphatic carbocycles. The Morgan fingerprint density at radius 3 is 2.67 bits per heavy atom. The number of carbonyl (C=O) groups excluding carboxylic acids is 1. The Morgan fingerprint density at radius 2 is 2.13 bits per heavy atom. The fraction of sp³-hybridized carbons (Fsp3) is 0.875. The van der Waals surface area contributed by atoms with Crippen LogP contribution in [0.3, 0.4) is 0 Å². The van der Waals surface area contributed by atoms with Gasteiger partial charge in [-0.3, -0.25) is 14.6 Å². The van der Waals surface area contributed by atoms with Gasteiger partial charge in [-0.1, -0.05) is 13.8 Å². The third-order valence-corrected chi connectivity index (χ3v) is 2.41. The number of hydroxylamine groups is 1. The van der Waals surface area contributed by atoms with Gasteiger partial charge >= 0.3 is 8.25 Å². The van der Waals surface area contributed by atoms with Crippen LogP contribution in [-0.4, -0.2) is 24.3 Å². The maximum absolute atomic E-state index is 11.0. The second-order valence-electron chi connectivity index (χ2n) is 3.46. The predicted octanol–water partition coefficient (Wildman–Crippen LogP) is 1.35. The van der Waals surface area contributed by atoms with E-state index in [4.69, 9.17) is 9.73 Å². The second kappa shape index (κ2) is 8.85. The molecule has 0 bridgehead atoms. The standard InChI is InChI=1S/C8H18NO5P/c1-7(2)4-3-5-13-15(12)14-6-8(10)9-11/h7,11,15H,3-6H2,1-2H3,(H,9,10). The third-order valence-electron chi connectivity index (χ3n) is 1.59. The van der Waals surface area contributed by atoms with Crippen molar-refractivity contribution in [3.8, 4) is 0 Å². The Labute approximate surface area is 89.9 Å². The van der Waals surface area contributed by atoms with Crippen molar-refractivity contribution in [2.45, 2.75) is 26.7 Å². The van der Waals surface area contributed by atoms with Gasteiger partial charge in [-0.05, 0) is 18.8 Å². The molecule has 0 aromatic heterocycles. The van der Waals surface area contributed by atoms with Crippen LogP contribution in [0.2, 0.25) is 0 Å².